The summed E-state index contributed by atoms with van der Waals surface area (Å²) < 4.78 is 0. The highest BCUT2D eigenvalue weighted by Gasteiger charge is 2.27. The molecule has 4 nitrogen and oxygen atoms in total. The molecule has 2 rings (SSSR count). The van der Waals surface area contributed by atoms with Crippen LogP contribution in [0.1, 0.15) is 92.7 Å². The number of hydrogen-bond acceptors (Lipinski definition) is 4. The van der Waals surface area contributed by atoms with E-state index in [1.165, 1.54) is 10.9 Å². The molecular weight excluding hydrogens is 428 g/mol. The molecule has 2 aromatic rings. The molecule has 0 aliphatic carbocycles. The van der Waals surface area contributed by atoms with Crippen molar-refractivity contribution >= 4 is 22.5 Å². The van der Waals surface area contributed by atoms with Crippen molar-refractivity contribution in [2.24, 2.45) is 5.73 Å². The van der Waals surface area contributed by atoms with E-state index in [0.717, 1.165) is 42.8 Å². The predicted molar refractivity (Wildman–Crippen MR) is 145 cm³/mol. The fraction of sp³-hybridized carbons (Fsp3) is 0.679. The molecule has 0 saturated carbocycles. The number of nitrogens with zero attached hydrogens (tertiary/aromatic N) is 3. The van der Waals surface area contributed by atoms with Gasteiger partial charge in [0.15, 0.2) is 0 Å². The van der Waals surface area contributed by atoms with E-state index < -0.39 is 0 Å². The van der Waals surface area contributed by atoms with Crippen LogP contribution in [0.2, 0.25) is 5.02 Å². The lowest BCUT2D eigenvalue weighted by atomic mass is 9.92. The van der Waals surface area contributed by atoms with E-state index in [2.05, 4.69) is 82.3 Å². The smallest absolute Gasteiger partial charge is 0.0720 e. The largest absolute Gasteiger partial charge is 0.328 e. The number of benzene rings is 1. The monoisotopic (exact) mass is 474 g/mol. The molecule has 2 atom stereocenters. The van der Waals surface area contributed by atoms with Crippen LogP contribution in [-0.2, 0) is 0 Å². The van der Waals surface area contributed by atoms with Crippen molar-refractivity contribution < 1.29 is 0 Å². The zero-order valence-electron chi connectivity index (χ0n) is 22.2. The molecule has 0 bridgehead atoms. The van der Waals surface area contributed by atoms with Crippen LogP contribution in [0.3, 0.4) is 0 Å². The molecule has 0 spiro atoms. The van der Waals surface area contributed by atoms with Crippen molar-refractivity contribution in [3.05, 3.63) is 41.0 Å². The van der Waals surface area contributed by atoms with Gasteiger partial charge in [-0.25, -0.2) is 0 Å². The highest BCUT2D eigenvalue weighted by Crippen LogP contribution is 2.35. The molecule has 0 aliphatic heterocycles. The number of aromatic nitrogens is 1. The van der Waals surface area contributed by atoms with Crippen molar-refractivity contribution in [3.8, 4) is 0 Å². The molecule has 186 valence electrons. The van der Waals surface area contributed by atoms with Crippen LogP contribution in [-0.4, -0.2) is 51.5 Å². The molecule has 1 heterocycles. The highest BCUT2D eigenvalue weighted by atomic mass is 35.5. The molecule has 0 amide bonds. The fourth-order valence-electron chi connectivity index (χ4n) is 5.38. The van der Waals surface area contributed by atoms with Crippen LogP contribution in [0.25, 0.3) is 10.9 Å². The zero-order valence-corrected chi connectivity index (χ0v) is 22.9. The highest BCUT2D eigenvalue weighted by molar-refractivity contribution is 6.31. The maximum atomic E-state index is 6.66. The molecule has 0 aliphatic rings. The molecule has 1 aromatic heterocycles. The van der Waals surface area contributed by atoms with Crippen molar-refractivity contribution in [3.63, 3.8) is 0 Å². The Morgan fingerprint density at radius 3 is 2.06 bits per heavy atom. The van der Waals surface area contributed by atoms with E-state index in [9.17, 15) is 0 Å². The van der Waals surface area contributed by atoms with Crippen LogP contribution < -0.4 is 5.73 Å². The van der Waals surface area contributed by atoms with Gasteiger partial charge in [0.25, 0.3) is 0 Å². The number of nitrogens with two attached hydrogens (primary N) is 1. The minimum Gasteiger partial charge on any atom is -0.328 e. The van der Waals surface area contributed by atoms with Crippen molar-refractivity contribution in [1.82, 2.24) is 14.8 Å². The molecule has 0 saturated heterocycles. The van der Waals surface area contributed by atoms with Gasteiger partial charge in [-0.15, -0.1) is 0 Å². The minimum absolute atomic E-state index is 0.220. The van der Waals surface area contributed by atoms with Gasteiger partial charge in [0.1, 0.15) is 0 Å². The number of pyridine rings is 1. The zero-order chi connectivity index (χ0) is 24.7. The Labute approximate surface area is 207 Å². The van der Waals surface area contributed by atoms with E-state index in [0.29, 0.717) is 30.2 Å². The summed E-state index contributed by atoms with van der Waals surface area (Å²) in [7, 11) is 0. The number of rotatable bonds is 13. The van der Waals surface area contributed by atoms with Gasteiger partial charge in [-0.2, -0.15) is 0 Å². The molecule has 1 aromatic carbocycles. The summed E-state index contributed by atoms with van der Waals surface area (Å²) in [5.74, 6) is 0. The normalized spacial score (nSPS) is 14.5. The summed E-state index contributed by atoms with van der Waals surface area (Å²) in [5, 5.41) is 1.92. The third-order valence-electron chi connectivity index (χ3n) is 6.78. The summed E-state index contributed by atoms with van der Waals surface area (Å²) in [6.07, 6.45) is 6.19. The van der Waals surface area contributed by atoms with Crippen LogP contribution in [0.4, 0.5) is 0 Å². The second-order valence-electron chi connectivity index (χ2n) is 10.6. The lowest BCUT2D eigenvalue weighted by molar-refractivity contribution is 0.103. The van der Waals surface area contributed by atoms with Crippen LogP contribution in [0.5, 0.6) is 0 Å². The topological polar surface area (TPSA) is 45.4 Å². The lowest BCUT2D eigenvalue weighted by Gasteiger charge is -2.39. The first-order valence-corrected chi connectivity index (χ1v) is 13.2. The minimum atomic E-state index is 0.220. The Hall–Kier alpha value is -1.20. The number of hydrogen-bond donors (Lipinski definition) is 1. The van der Waals surface area contributed by atoms with Crippen molar-refractivity contribution in [2.45, 2.75) is 117 Å². The first-order valence-electron chi connectivity index (χ1n) is 12.9. The molecule has 2 N–H and O–H groups in total. The Morgan fingerprint density at radius 2 is 1.48 bits per heavy atom. The average Bonchev–Trinajstić information content (AvgIpc) is 2.72. The molecule has 0 fully saturated rings. The van der Waals surface area contributed by atoms with Gasteiger partial charge in [0.2, 0.25) is 0 Å². The maximum absolute atomic E-state index is 6.66. The average molecular weight is 475 g/mol. The Morgan fingerprint density at radius 1 is 0.848 bits per heavy atom. The van der Waals surface area contributed by atoms with Crippen molar-refractivity contribution in [2.75, 3.05) is 6.54 Å². The van der Waals surface area contributed by atoms with Gasteiger partial charge in [-0.3, -0.25) is 14.8 Å². The number of fused-ring (bicyclic) bond motifs is 1. The Bertz CT molecular complexity index is 833. The van der Waals surface area contributed by atoms with E-state index in [1.807, 2.05) is 18.3 Å². The third-order valence-corrected chi connectivity index (χ3v) is 7.01. The summed E-state index contributed by atoms with van der Waals surface area (Å²) in [4.78, 5) is 9.76. The molecule has 33 heavy (non-hydrogen) atoms. The van der Waals surface area contributed by atoms with E-state index in [4.69, 9.17) is 17.3 Å². The summed E-state index contributed by atoms with van der Waals surface area (Å²) in [6, 6.07) is 10.8. The van der Waals surface area contributed by atoms with Gasteiger partial charge in [-0.05, 0) is 111 Å². The molecular formula is C28H47ClN4. The standard InChI is InChI=1S/C28H47ClN4/c1-19(2)32(20(3)4)17-9-10-24(30)12-14-28(33(21(5)6)22(7)8)26-15-16-31-27-18-23(29)11-13-25(26)27/h11,13,15-16,18-22,24,28H,9-10,12,14,17,30H2,1-8H3. The SMILES string of the molecule is CC(C)N(CCCC(N)CCC(c1ccnc2cc(Cl)ccc12)N(C(C)C)C(C)C)C(C)C. The van der Waals surface area contributed by atoms with Crippen LogP contribution in [0.15, 0.2) is 30.5 Å². The predicted octanol–water partition coefficient (Wildman–Crippen LogP) is 7.05. The first-order chi connectivity index (χ1) is 15.5. The summed E-state index contributed by atoms with van der Waals surface area (Å²) in [5.41, 5.74) is 8.95. The van der Waals surface area contributed by atoms with E-state index in [1.54, 1.807) is 0 Å². The quantitative estimate of drug-likeness (QED) is 0.337. The molecule has 0 radical (unpaired) electrons. The van der Waals surface area contributed by atoms with E-state index >= 15 is 0 Å². The van der Waals surface area contributed by atoms with Gasteiger partial charge < -0.3 is 5.73 Å². The second-order valence-corrected chi connectivity index (χ2v) is 11.1. The van der Waals surface area contributed by atoms with Gasteiger partial charge in [0, 0.05) is 52.9 Å². The van der Waals surface area contributed by atoms with Crippen molar-refractivity contribution in [1.29, 1.82) is 0 Å². The number of halogens is 1. The Balaban J connectivity index is 2.18. The van der Waals surface area contributed by atoms with Crippen LogP contribution >= 0.6 is 11.6 Å². The second kappa shape index (κ2) is 13.0. The summed E-state index contributed by atoms with van der Waals surface area (Å²) >= 11 is 6.26. The first kappa shape index (κ1) is 28.0. The van der Waals surface area contributed by atoms with Crippen LogP contribution in [0, 0.1) is 0 Å². The van der Waals surface area contributed by atoms with Gasteiger partial charge in [-0.1, -0.05) is 17.7 Å². The fourth-order valence-corrected chi connectivity index (χ4v) is 5.55. The van der Waals surface area contributed by atoms with Gasteiger partial charge in [0.05, 0.1) is 5.52 Å². The Kier molecular flexibility index (Phi) is 11.1. The van der Waals surface area contributed by atoms with Gasteiger partial charge >= 0.3 is 0 Å². The molecule has 5 heteroatoms. The maximum Gasteiger partial charge on any atom is 0.0720 e. The third kappa shape index (κ3) is 7.92. The summed E-state index contributed by atoms with van der Waals surface area (Å²) in [6.45, 7) is 19.4. The lowest BCUT2D eigenvalue weighted by Crippen LogP contribution is -2.41. The molecule has 2 unspecified atom stereocenters. The van der Waals surface area contributed by atoms with E-state index in [-0.39, 0.29) is 6.04 Å².